The van der Waals surface area contributed by atoms with Crippen LogP contribution in [0.4, 0.5) is 11.4 Å². The molecule has 1 heterocycles. The molecule has 3 rings (SSSR count). The van der Waals surface area contributed by atoms with Crippen LogP contribution in [-0.2, 0) is 9.53 Å². The minimum Gasteiger partial charge on any atom is -0.482 e. The fraction of sp³-hybridized carbons (Fsp3) is 0.278. The first-order chi connectivity index (χ1) is 12.5. The van der Waals surface area contributed by atoms with Crippen molar-refractivity contribution in [2.75, 3.05) is 43.1 Å². The van der Waals surface area contributed by atoms with Gasteiger partial charge in [0.15, 0.2) is 6.61 Å². The number of para-hydroxylation sites is 1. The minimum atomic E-state index is -0.312. The molecule has 26 heavy (non-hydrogen) atoms. The van der Waals surface area contributed by atoms with Crippen molar-refractivity contribution in [2.24, 2.45) is 0 Å². The monoisotopic (exact) mass is 414 g/mol. The van der Waals surface area contributed by atoms with Crippen molar-refractivity contribution in [3.63, 3.8) is 0 Å². The number of morpholine rings is 1. The van der Waals surface area contributed by atoms with E-state index in [0.717, 1.165) is 5.69 Å². The lowest BCUT2D eigenvalue weighted by Crippen LogP contribution is -2.37. The number of nitrogens with zero attached hydrogens (tertiary/aromatic N) is 1. The largest absolute Gasteiger partial charge is 0.482 e. The van der Waals surface area contributed by atoms with Crippen molar-refractivity contribution in [1.29, 1.82) is 0 Å². The average Bonchev–Trinajstić information content (AvgIpc) is 2.62. The maximum absolute atomic E-state index is 12.3. The predicted octanol–water partition coefficient (Wildman–Crippen LogP) is 4.50. The Kier molecular flexibility index (Phi) is 6.48. The number of carbonyl (C=O) groups excluding carboxylic acids is 1. The molecule has 0 aromatic heterocycles. The fourth-order valence-electron chi connectivity index (χ4n) is 2.65. The molecule has 0 aliphatic carbocycles. The van der Waals surface area contributed by atoms with Crippen LogP contribution in [0.25, 0.3) is 0 Å². The zero-order valence-electron chi connectivity index (χ0n) is 13.8. The zero-order valence-corrected chi connectivity index (χ0v) is 16.1. The first kappa shape index (κ1) is 19.1. The summed E-state index contributed by atoms with van der Waals surface area (Å²) in [6.45, 7) is 2.48. The molecule has 8 heteroatoms. The maximum atomic E-state index is 12.3. The number of rotatable bonds is 5. The van der Waals surface area contributed by atoms with Gasteiger partial charge in [-0.25, -0.2) is 0 Å². The van der Waals surface area contributed by atoms with Gasteiger partial charge in [0, 0.05) is 18.1 Å². The number of benzene rings is 2. The molecule has 0 radical (unpaired) electrons. The summed E-state index contributed by atoms with van der Waals surface area (Å²) in [4.78, 5) is 14.4. The van der Waals surface area contributed by atoms with Crippen LogP contribution in [0.2, 0.25) is 15.1 Å². The first-order valence-corrected chi connectivity index (χ1v) is 9.17. The summed E-state index contributed by atoms with van der Waals surface area (Å²) in [5.41, 5.74) is 1.42. The second-order valence-corrected chi connectivity index (χ2v) is 6.90. The number of amides is 1. The van der Waals surface area contributed by atoms with E-state index in [1.54, 1.807) is 30.3 Å². The van der Waals surface area contributed by atoms with E-state index < -0.39 is 0 Å². The molecule has 5 nitrogen and oxygen atoms in total. The molecule has 0 saturated carbocycles. The molecule has 1 fully saturated rings. The third-order valence-corrected chi connectivity index (χ3v) is 4.68. The summed E-state index contributed by atoms with van der Waals surface area (Å²) in [6, 6.07) is 10.2. The van der Waals surface area contributed by atoms with E-state index in [-0.39, 0.29) is 12.5 Å². The van der Waals surface area contributed by atoms with Gasteiger partial charge >= 0.3 is 0 Å². The highest BCUT2D eigenvalue weighted by Crippen LogP contribution is 2.34. The average molecular weight is 416 g/mol. The Bertz CT molecular complexity index is 795. The molecule has 0 unspecified atom stereocenters. The smallest absolute Gasteiger partial charge is 0.262 e. The second-order valence-electron chi connectivity index (χ2n) is 5.65. The summed E-state index contributed by atoms with van der Waals surface area (Å²) in [5, 5.41) is 4.28. The number of hydrogen-bond donors (Lipinski definition) is 1. The van der Waals surface area contributed by atoms with Crippen LogP contribution in [0.1, 0.15) is 0 Å². The topological polar surface area (TPSA) is 50.8 Å². The Morgan fingerprint density at radius 2 is 1.88 bits per heavy atom. The number of carbonyl (C=O) groups is 1. The molecule has 2 aromatic carbocycles. The van der Waals surface area contributed by atoms with Crippen molar-refractivity contribution in [2.45, 2.75) is 0 Å². The summed E-state index contributed by atoms with van der Waals surface area (Å²) >= 11 is 18.3. The van der Waals surface area contributed by atoms with Crippen LogP contribution in [-0.4, -0.2) is 38.8 Å². The maximum Gasteiger partial charge on any atom is 0.262 e. The predicted molar refractivity (Wildman–Crippen MR) is 105 cm³/mol. The summed E-state index contributed by atoms with van der Waals surface area (Å²) in [6.07, 6.45) is 0. The van der Waals surface area contributed by atoms with Crippen LogP contribution in [0, 0.1) is 0 Å². The van der Waals surface area contributed by atoms with Gasteiger partial charge in [0.25, 0.3) is 5.91 Å². The van der Waals surface area contributed by atoms with Gasteiger partial charge in [0.1, 0.15) is 5.75 Å². The van der Waals surface area contributed by atoms with Crippen LogP contribution in [0.15, 0.2) is 36.4 Å². The zero-order chi connectivity index (χ0) is 18.5. The van der Waals surface area contributed by atoms with E-state index in [1.807, 2.05) is 6.07 Å². The summed E-state index contributed by atoms with van der Waals surface area (Å²) < 4.78 is 10.8. The molecule has 0 atom stereocenters. The molecule has 1 amide bonds. The van der Waals surface area contributed by atoms with Crippen molar-refractivity contribution >= 4 is 52.1 Å². The number of nitrogens with one attached hydrogen (secondary N) is 1. The second kappa shape index (κ2) is 8.82. The molecule has 1 aliphatic heterocycles. The van der Waals surface area contributed by atoms with Crippen LogP contribution >= 0.6 is 34.8 Å². The van der Waals surface area contributed by atoms with E-state index in [1.165, 1.54) is 0 Å². The highest BCUT2D eigenvalue weighted by Gasteiger charge is 2.19. The van der Waals surface area contributed by atoms with Gasteiger partial charge < -0.3 is 19.7 Å². The number of hydrogen-bond acceptors (Lipinski definition) is 4. The van der Waals surface area contributed by atoms with E-state index in [4.69, 9.17) is 44.3 Å². The molecule has 138 valence electrons. The lowest BCUT2D eigenvalue weighted by atomic mass is 10.2. The standard InChI is InChI=1S/C18H17Cl3N2O3/c19-12-4-5-16(14(21)10-12)26-11-17(24)22-15-3-1-2-13(20)18(15)23-6-8-25-9-7-23/h1-5,10H,6-9,11H2,(H,22,24). The van der Waals surface area contributed by atoms with Crippen molar-refractivity contribution in [3.8, 4) is 5.75 Å². The molecule has 2 aromatic rings. The van der Waals surface area contributed by atoms with E-state index in [2.05, 4.69) is 10.2 Å². The molecule has 1 saturated heterocycles. The van der Waals surface area contributed by atoms with E-state index in [9.17, 15) is 4.79 Å². The molecule has 0 bridgehead atoms. The molecule has 0 spiro atoms. The Morgan fingerprint density at radius 1 is 1.12 bits per heavy atom. The summed E-state index contributed by atoms with van der Waals surface area (Å²) in [7, 11) is 0. The van der Waals surface area contributed by atoms with Gasteiger partial charge in [-0.05, 0) is 30.3 Å². The van der Waals surface area contributed by atoms with Crippen LogP contribution < -0.4 is 15.0 Å². The SMILES string of the molecule is O=C(COc1ccc(Cl)cc1Cl)Nc1cccc(Cl)c1N1CCOCC1. The highest BCUT2D eigenvalue weighted by molar-refractivity contribution is 6.35. The van der Waals surface area contributed by atoms with Crippen molar-refractivity contribution in [3.05, 3.63) is 51.5 Å². The number of ether oxygens (including phenoxy) is 2. The summed E-state index contributed by atoms with van der Waals surface area (Å²) in [5.74, 6) is 0.0820. The highest BCUT2D eigenvalue weighted by atomic mass is 35.5. The lowest BCUT2D eigenvalue weighted by Gasteiger charge is -2.31. The molecular formula is C18H17Cl3N2O3. The Hall–Kier alpha value is -1.66. The quantitative estimate of drug-likeness (QED) is 0.781. The molecule has 1 N–H and O–H groups in total. The van der Waals surface area contributed by atoms with Crippen LogP contribution in [0.3, 0.4) is 0 Å². The van der Waals surface area contributed by atoms with Gasteiger partial charge in [-0.1, -0.05) is 40.9 Å². The van der Waals surface area contributed by atoms with Crippen molar-refractivity contribution < 1.29 is 14.3 Å². The Morgan fingerprint density at radius 3 is 2.62 bits per heavy atom. The van der Waals surface area contributed by atoms with Gasteiger partial charge in [0.05, 0.1) is 34.6 Å². The third-order valence-electron chi connectivity index (χ3n) is 3.84. The van der Waals surface area contributed by atoms with Crippen LogP contribution in [0.5, 0.6) is 5.75 Å². The third kappa shape index (κ3) is 4.74. The van der Waals surface area contributed by atoms with Gasteiger partial charge in [0.2, 0.25) is 0 Å². The van der Waals surface area contributed by atoms with Crippen molar-refractivity contribution in [1.82, 2.24) is 0 Å². The lowest BCUT2D eigenvalue weighted by molar-refractivity contribution is -0.118. The van der Waals surface area contributed by atoms with E-state index in [0.29, 0.717) is 52.8 Å². The fourth-order valence-corrected chi connectivity index (χ4v) is 3.40. The van der Waals surface area contributed by atoms with Gasteiger partial charge in [-0.15, -0.1) is 0 Å². The van der Waals surface area contributed by atoms with Gasteiger partial charge in [-0.2, -0.15) is 0 Å². The normalized spacial score (nSPS) is 14.2. The first-order valence-electron chi connectivity index (χ1n) is 8.03. The number of anilines is 2. The molecular weight excluding hydrogens is 399 g/mol. The molecule has 1 aliphatic rings. The minimum absolute atomic E-state index is 0.184. The van der Waals surface area contributed by atoms with Gasteiger partial charge in [-0.3, -0.25) is 4.79 Å². The Balaban J connectivity index is 1.68. The van der Waals surface area contributed by atoms with E-state index >= 15 is 0 Å². The Labute approximate surface area is 166 Å². The number of halogens is 3.